The second kappa shape index (κ2) is 4.77. The van der Waals surface area contributed by atoms with Crippen molar-refractivity contribution in [1.29, 1.82) is 0 Å². The van der Waals surface area contributed by atoms with Crippen LogP contribution >= 0.6 is 0 Å². The van der Waals surface area contributed by atoms with Gasteiger partial charge in [-0.1, -0.05) is 6.07 Å². The van der Waals surface area contributed by atoms with Crippen molar-refractivity contribution in [3.05, 3.63) is 59.5 Å². The molecule has 0 aliphatic heterocycles. The fraction of sp³-hybridized carbons (Fsp3) is 0.0667. The van der Waals surface area contributed by atoms with Crippen molar-refractivity contribution in [1.82, 2.24) is 10.2 Å². The first-order chi connectivity index (χ1) is 9.63. The number of aromatic amines is 1. The zero-order valence-corrected chi connectivity index (χ0v) is 10.8. The Morgan fingerprint density at radius 2 is 2.10 bits per heavy atom. The number of nitrogens with one attached hydrogen (secondary N) is 2. The fourth-order valence-corrected chi connectivity index (χ4v) is 2.00. The quantitative estimate of drug-likeness (QED) is 0.750. The number of rotatable bonds is 2. The fourth-order valence-electron chi connectivity index (χ4n) is 2.00. The molecule has 5 heteroatoms. The SMILES string of the molecule is Cc1cc(NC(=O)c2ccc3cn[nH]c3c2)ccc1F. The zero-order chi connectivity index (χ0) is 14.1. The monoisotopic (exact) mass is 269 g/mol. The molecule has 100 valence electrons. The van der Waals surface area contributed by atoms with Gasteiger partial charge in [0.15, 0.2) is 0 Å². The molecule has 0 aliphatic carbocycles. The third-order valence-electron chi connectivity index (χ3n) is 3.12. The number of carbonyl (C=O) groups is 1. The van der Waals surface area contributed by atoms with Gasteiger partial charge >= 0.3 is 0 Å². The summed E-state index contributed by atoms with van der Waals surface area (Å²) in [7, 11) is 0. The molecule has 0 spiro atoms. The number of halogens is 1. The van der Waals surface area contributed by atoms with Gasteiger partial charge in [-0.3, -0.25) is 9.89 Å². The molecule has 0 saturated heterocycles. The Balaban J connectivity index is 1.86. The number of benzene rings is 2. The van der Waals surface area contributed by atoms with Crippen molar-refractivity contribution in [3.63, 3.8) is 0 Å². The molecule has 0 radical (unpaired) electrons. The molecule has 0 bridgehead atoms. The number of aromatic nitrogens is 2. The minimum atomic E-state index is -0.290. The van der Waals surface area contributed by atoms with Crippen LogP contribution in [0, 0.1) is 12.7 Å². The van der Waals surface area contributed by atoms with Crippen LogP contribution in [-0.4, -0.2) is 16.1 Å². The number of nitrogens with zero attached hydrogens (tertiary/aromatic N) is 1. The molecule has 0 aliphatic rings. The summed E-state index contributed by atoms with van der Waals surface area (Å²) in [6.45, 7) is 1.65. The predicted octanol–water partition coefficient (Wildman–Crippen LogP) is 3.26. The summed E-state index contributed by atoms with van der Waals surface area (Å²) in [5.41, 5.74) is 2.38. The average Bonchev–Trinajstić information content (AvgIpc) is 2.90. The molecule has 0 atom stereocenters. The van der Waals surface area contributed by atoms with E-state index in [1.165, 1.54) is 12.1 Å². The second-order valence-electron chi connectivity index (χ2n) is 4.59. The van der Waals surface area contributed by atoms with Gasteiger partial charge < -0.3 is 5.32 Å². The van der Waals surface area contributed by atoms with E-state index in [9.17, 15) is 9.18 Å². The normalized spacial score (nSPS) is 10.7. The number of amides is 1. The van der Waals surface area contributed by atoms with Crippen LogP contribution in [0.1, 0.15) is 15.9 Å². The van der Waals surface area contributed by atoms with Gasteiger partial charge in [-0.05, 0) is 42.8 Å². The van der Waals surface area contributed by atoms with Gasteiger partial charge in [-0.2, -0.15) is 5.10 Å². The minimum absolute atomic E-state index is 0.243. The van der Waals surface area contributed by atoms with Gasteiger partial charge in [0.05, 0.1) is 11.7 Å². The van der Waals surface area contributed by atoms with E-state index in [4.69, 9.17) is 0 Å². The van der Waals surface area contributed by atoms with Gasteiger partial charge in [-0.25, -0.2) is 4.39 Å². The minimum Gasteiger partial charge on any atom is -0.322 e. The van der Waals surface area contributed by atoms with Crippen molar-refractivity contribution in [2.75, 3.05) is 5.32 Å². The molecule has 3 aromatic rings. The molecule has 20 heavy (non-hydrogen) atoms. The lowest BCUT2D eigenvalue weighted by Gasteiger charge is -2.06. The number of aryl methyl sites for hydroxylation is 1. The molecule has 1 amide bonds. The third kappa shape index (κ3) is 2.25. The van der Waals surface area contributed by atoms with Gasteiger partial charge in [0.1, 0.15) is 5.82 Å². The summed E-state index contributed by atoms with van der Waals surface area (Å²) < 4.78 is 13.2. The molecule has 2 N–H and O–H groups in total. The average molecular weight is 269 g/mol. The van der Waals surface area contributed by atoms with E-state index in [1.807, 2.05) is 6.07 Å². The zero-order valence-electron chi connectivity index (χ0n) is 10.8. The van der Waals surface area contributed by atoms with Gasteiger partial charge in [0.25, 0.3) is 5.91 Å². The van der Waals surface area contributed by atoms with E-state index in [1.54, 1.807) is 31.3 Å². The highest BCUT2D eigenvalue weighted by Gasteiger charge is 2.08. The van der Waals surface area contributed by atoms with E-state index in [2.05, 4.69) is 15.5 Å². The van der Waals surface area contributed by atoms with Crippen LogP contribution in [0.3, 0.4) is 0 Å². The Labute approximate surface area is 114 Å². The smallest absolute Gasteiger partial charge is 0.255 e. The maximum Gasteiger partial charge on any atom is 0.255 e. The first-order valence-corrected chi connectivity index (χ1v) is 6.14. The maximum absolute atomic E-state index is 13.2. The van der Waals surface area contributed by atoms with E-state index in [0.29, 0.717) is 16.8 Å². The van der Waals surface area contributed by atoms with Crippen molar-refractivity contribution in [3.8, 4) is 0 Å². The van der Waals surface area contributed by atoms with E-state index < -0.39 is 0 Å². The van der Waals surface area contributed by atoms with Gasteiger partial charge in [0, 0.05) is 16.6 Å². The number of fused-ring (bicyclic) bond motifs is 1. The Morgan fingerprint density at radius 3 is 2.90 bits per heavy atom. The standard InChI is InChI=1S/C15H12FN3O/c1-9-6-12(4-5-13(9)16)18-15(20)10-2-3-11-8-17-19-14(11)7-10/h2-8H,1H3,(H,17,19)(H,18,20). The van der Waals surface area contributed by atoms with Crippen LogP contribution in [0.25, 0.3) is 10.9 Å². The van der Waals surface area contributed by atoms with Gasteiger partial charge in [0.2, 0.25) is 0 Å². The molecule has 1 heterocycles. The number of H-pyrrole nitrogens is 1. The molecule has 0 fully saturated rings. The van der Waals surface area contributed by atoms with Crippen molar-refractivity contribution >= 4 is 22.5 Å². The molecule has 2 aromatic carbocycles. The van der Waals surface area contributed by atoms with Crippen LogP contribution in [0.2, 0.25) is 0 Å². The Bertz CT molecular complexity index is 795. The summed E-state index contributed by atoms with van der Waals surface area (Å²) in [6.07, 6.45) is 1.69. The van der Waals surface area contributed by atoms with Crippen LogP contribution in [0.5, 0.6) is 0 Å². The van der Waals surface area contributed by atoms with Crippen LogP contribution in [0.4, 0.5) is 10.1 Å². The lowest BCUT2D eigenvalue weighted by molar-refractivity contribution is 0.102. The molecular formula is C15H12FN3O. The lowest BCUT2D eigenvalue weighted by Crippen LogP contribution is -2.12. The molecule has 1 aromatic heterocycles. The van der Waals surface area contributed by atoms with Crippen LogP contribution in [0.15, 0.2) is 42.6 Å². The highest BCUT2D eigenvalue weighted by atomic mass is 19.1. The van der Waals surface area contributed by atoms with E-state index >= 15 is 0 Å². The Morgan fingerprint density at radius 1 is 1.25 bits per heavy atom. The summed E-state index contributed by atoms with van der Waals surface area (Å²) in [4.78, 5) is 12.1. The van der Waals surface area contributed by atoms with Crippen LogP contribution < -0.4 is 5.32 Å². The van der Waals surface area contributed by atoms with Gasteiger partial charge in [-0.15, -0.1) is 0 Å². The van der Waals surface area contributed by atoms with E-state index in [-0.39, 0.29) is 11.7 Å². The molecule has 3 rings (SSSR count). The van der Waals surface area contributed by atoms with Crippen molar-refractivity contribution < 1.29 is 9.18 Å². The Kier molecular flexibility index (Phi) is 2.95. The molecular weight excluding hydrogens is 257 g/mol. The third-order valence-corrected chi connectivity index (χ3v) is 3.12. The summed E-state index contributed by atoms with van der Waals surface area (Å²) in [5.74, 6) is -0.533. The number of anilines is 1. The molecule has 0 unspecified atom stereocenters. The lowest BCUT2D eigenvalue weighted by atomic mass is 10.1. The summed E-state index contributed by atoms with van der Waals surface area (Å²) >= 11 is 0. The largest absolute Gasteiger partial charge is 0.322 e. The second-order valence-corrected chi connectivity index (χ2v) is 4.59. The summed E-state index contributed by atoms with van der Waals surface area (Å²) in [5, 5.41) is 10.4. The molecule has 4 nitrogen and oxygen atoms in total. The first-order valence-electron chi connectivity index (χ1n) is 6.14. The maximum atomic E-state index is 13.2. The summed E-state index contributed by atoms with van der Waals surface area (Å²) in [6, 6.07) is 9.75. The number of carbonyl (C=O) groups excluding carboxylic acids is 1. The highest BCUT2D eigenvalue weighted by molar-refractivity contribution is 6.06. The van der Waals surface area contributed by atoms with Crippen molar-refractivity contribution in [2.24, 2.45) is 0 Å². The topological polar surface area (TPSA) is 57.8 Å². The molecule has 0 saturated carbocycles. The van der Waals surface area contributed by atoms with Crippen LogP contribution in [-0.2, 0) is 0 Å². The first kappa shape index (κ1) is 12.3. The Hall–Kier alpha value is -2.69. The number of hydrogen-bond acceptors (Lipinski definition) is 2. The predicted molar refractivity (Wildman–Crippen MR) is 75.2 cm³/mol. The number of hydrogen-bond donors (Lipinski definition) is 2. The van der Waals surface area contributed by atoms with Crippen molar-refractivity contribution in [2.45, 2.75) is 6.92 Å². The van der Waals surface area contributed by atoms with E-state index in [0.717, 1.165) is 10.9 Å². The highest BCUT2D eigenvalue weighted by Crippen LogP contribution is 2.17.